The van der Waals surface area contributed by atoms with Gasteiger partial charge in [-0.3, -0.25) is 4.79 Å². The number of nitrogens with one attached hydrogen (secondary N) is 1. The molecule has 150 valence electrons. The van der Waals surface area contributed by atoms with E-state index in [1.54, 1.807) is 12.1 Å². The van der Waals surface area contributed by atoms with Gasteiger partial charge in [0.15, 0.2) is 0 Å². The summed E-state index contributed by atoms with van der Waals surface area (Å²) in [6.07, 6.45) is 0. The Balaban J connectivity index is 1.77. The van der Waals surface area contributed by atoms with Gasteiger partial charge in [0.25, 0.3) is 5.91 Å². The summed E-state index contributed by atoms with van der Waals surface area (Å²) in [5.41, 5.74) is 0.677. The quantitative estimate of drug-likeness (QED) is 0.769. The molecule has 1 aliphatic rings. The Morgan fingerprint density at radius 1 is 1.04 bits per heavy atom. The number of benzene rings is 2. The minimum Gasteiger partial charge on any atom is -0.322 e. The molecule has 0 saturated carbocycles. The number of likely N-dealkylation sites (N-methyl/N-ethyl adjacent to an activating group) is 1. The van der Waals surface area contributed by atoms with Crippen LogP contribution in [0.5, 0.6) is 0 Å². The third-order valence-electron chi connectivity index (χ3n) is 4.63. The van der Waals surface area contributed by atoms with Gasteiger partial charge in [-0.1, -0.05) is 36.2 Å². The van der Waals surface area contributed by atoms with Crippen LogP contribution in [0.1, 0.15) is 17.3 Å². The number of hydrogen-bond donors (Lipinski definition) is 1. The number of hydrogen-bond acceptors (Lipinski definition) is 4. The zero-order chi connectivity index (χ0) is 20.3. The van der Waals surface area contributed by atoms with Crippen LogP contribution in [0.25, 0.3) is 0 Å². The first-order chi connectivity index (χ1) is 13.3. The number of amides is 1. The number of sulfonamides is 1. The summed E-state index contributed by atoms with van der Waals surface area (Å²) in [4.78, 5) is 14.8. The lowest BCUT2D eigenvalue weighted by molar-refractivity contribution is 0.102. The lowest BCUT2D eigenvalue weighted by Crippen LogP contribution is -2.48. The third kappa shape index (κ3) is 4.85. The fourth-order valence-electron chi connectivity index (χ4n) is 3.06. The highest BCUT2D eigenvalue weighted by Gasteiger charge is 2.28. The lowest BCUT2D eigenvalue weighted by Gasteiger charge is -2.33. The molecule has 1 amide bonds. The topological polar surface area (TPSA) is 69.7 Å². The van der Waals surface area contributed by atoms with E-state index in [9.17, 15) is 13.2 Å². The monoisotopic (exact) mass is 441 g/mol. The fraction of sp³-hybridized carbons (Fsp3) is 0.316. The molecule has 3 rings (SSSR count). The van der Waals surface area contributed by atoms with E-state index < -0.39 is 15.9 Å². The molecule has 2 aromatic rings. The van der Waals surface area contributed by atoms with E-state index in [4.69, 9.17) is 23.2 Å². The van der Waals surface area contributed by atoms with Crippen LogP contribution in [0.4, 0.5) is 5.69 Å². The van der Waals surface area contributed by atoms with Crippen molar-refractivity contribution in [1.82, 2.24) is 9.21 Å². The van der Waals surface area contributed by atoms with Gasteiger partial charge in [0.2, 0.25) is 10.0 Å². The van der Waals surface area contributed by atoms with Crippen LogP contribution < -0.4 is 5.32 Å². The van der Waals surface area contributed by atoms with E-state index >= 15 is 0 Å². The maximum atomic E-state index is 12.9. The Morgan fingerprint density at radius 3 is 2.29 bits per heavy atom. The van der Waals surface area contributed by atoms with Crippen molar-refractivity contribution in [3.05, 3.63) is 58.1 Å². The molecule has 0 spiro atoms. The predicted molar refractivity (Wildman–Crippen MR) is 112 cm³/mol. The van der Waals surface area contributed by atoms with Crippen LogP contribution in [0.3, 0.4) is 0 Å². The number of carbonyl (C=O) groups is 1. The van der Waals surface area contributed by atoms with Crippen molar-refractivity contribution in [3.8, 4) is 0 Å². The summed E-state index contributed by atoms with van der Waals surface area (Å²) in [5, 5.41) is 3.39. The predicted octanol–water partition coefficient (Wildman–Crippen LogP) is 3.57. The fourth-order valence-corrected chi connectivity index (χ4v) is 5.05. The van der Waals surface area contributed by atoms with Crippen molar-refractivity contribution < 1.29 is 13.2 Å². The van der Waals surface area contributed by atoms with Crippen molar-refractivity contribution in [1.29, 1.82) is 0 Å². The Labute approximate surface area is 175 Å². The van der Waals surface area contributed by atoms with Crippen molar-refractivity contribution in [2.45, 2.75) is 11.8 Å². The zero-order valence-corrected chi connectivity index (χ0v) is 17.7. The Kier molecular flexibility index (Phi) is 6.62. The van der Waals surface area contributed by atoms with Gasteiger partial charge in [0, 0.05) is 47.5 Å². The number of halogens is 2. The second-order valence-electron chi connectivity index (χ2n) is 6.48. The number of rotatable bonds is 5. The van der Waals surface area contributed by atoms with Crippen LogP contribution in [-0.4, -0.2) is 56.3 Å². The highest BCUT2D eigenvalue weighted by molar-refractivity contribution is 7.89. The second-order valence-corrected chi connectivity index (χ2v) is 9.29. The van der Waals surface area contributed by atoms with E-state index in [0.29, 0.717) is 47.5 Å². The van der Waals surface area contributed by atoms with Crippen LogP contribution in [0.15, 0.2) is 47.4 Å². The number of nitrogens with zero attached hydrogens (tertiary/aromatic N) is 2. The van der Waals surface area contributed by atoms with Gasteiger partial charge >= 0.3 is 0 Å². The zero-order valence-electron chi connectivity index (χ0n) is 15.4. The normalized spacial score (nSPS) is 16.1. The van der Waals surface area contributed by atoms with Gasteiger partial charge in [-0.25, -0.2) is 8.42 Å². The Morgan fingerprint density at radius 2 is 1.68 bits per heavy atom. The first-order valence-electron chi connectivity index (χ1n) is 8.89. The van der Waals surface area contributed by atoms with Crippen molar-refractivity contribution in [2.24, 2.45) is 0 Å². The van der Waals surface area contributed by atoms with Crippen LogP contribution in [-0.2, 0) is 10.0 Å². The van der Waals surface area contributed by atoms with Crippen molar-refractivity contribution in [2.75, 3.05) is 38.0 Å². The van der Waals surface area contributed by atoms with E-state index in [0.717, 1.165) is 6.54 Å². The van der Waals surface area contributed by atoms with Crippen molar-refractivity contribution in [3.63, 3.8) is 0 Å². The molecule has 1 saturated heterocycles. The highest BCUT2D eigenvalue weighted by atomic mass is 35.5. The number of carbonyl (C=O) groups excluding carboxylic acids is 1. The van der Waals surface area contributed by atoms with Crippen molar-refractivity contribution >= 4 is 44.8 Å². The molecular weight excluding hydrogens is 421 g/mol. The molecule has 1 aliphatic heterocycles. The molecule has 1 fully saturated rings. The van der Waals surface area contributed by atoms with E-state index in [1.807, 2.05) is 0 Å². The molecule has 0 bridgehead atoms. The van der Waals surface area contributed by atoms with E-state index in [1.165, 1.54) is 34.6 Å². The smallest absolute Gasteiger partial charge is 0.255 e. The summed E-state index contributed by atoms with van der Waals surface area (Å²) in [7, 11) is -3.62. The summed E-state index contributed by atoms with van der Waals surface area (Å²) in [6.45, 7) is 5.29. The standard InChI is InChI=1S/C19H21Cl2N3O3S/c1-2-23-6-8-24(9-7-23)28(26,27)18-5-3-4-17(13-18)22-19(25)14-10-15(20)12-16(21)11-14/h3-5,10-13H,2,6-9H2,1H3,(H,22,25). The van der Waals surface area contributed by atoms with Crippen LogP contribution in [0.2, 0.25) is 10.0 Å². The van der Waals surface area contributed by atoms with Crippen LogP contribution >= 0.6 is 23.2 Å². The molecule has 0 radical (unpaired) electrons. The van der Waals surface area contributed by atoms with Gasteiger partial charge < -0.3 is 10.2 Å². The summed E-state index contributed by atoms with van der Waals surface area (Å²) < 4.78 is 27.4. The van der Waals surface area contributed by atoms with Gasteiger partial charge in [0.05, 0.1) is 4.90 Å². The molecule has 1 heterocycles. The number of anilines is 1. The maximum absolute atomic E-state index is 12.9. The maximum Gasteiger partial charge on any atom is 0.255 e. The van der Waals surface area contributed by atoms with Gasteiger partial charge in [-0.05, 0) is 42.9 Å². The van der Waals surface area contributed by atoms with Crippen LogP contribution in [0, 0.1) is 0 Å². The molecule has 9 heteroatoms. The first-order valence-corrected chi connectivity index (χ1v) is 11.1. The molecule has 6 nitrogen and oxygen atoms in total. The summed E-state index contributed by atoms with van der Waals surface area (Å²) in [5.74, 6) is -0.421. The summed E-state index contributed by atoms with van der Waals surface area (Å²) in [6, 6.07) is 10.8. The molecule has 0 aliphatic carbocycles. The van der Waals surface area contributed by atoms with E-state index in [-0.39, 0.29) is 4.90 Å². The molecule has 28 heavy (non-hydrogen) atoms. The highest BCUT2D eigenvalue weighted by Crippen LogP contribution is 2.23. The second kappa shape index (κ2) is 8.80. The SMILES string of the molecule is CCN1CCN(S(=O)(=O)c2cccc(NC(=O)c3cc(Cl)cc(Cl)c3)c2)CC1. The minimum atomic E-state index is -3.62. The lowest BCUT2D eigenvalue weighted by atomic mass is 10.2. The molecular formula is C19H21Cl2N3O3S. The molecule has 1 N–H and O–H groups in total. The Hall–Kier alpha value is -1.64. The summed E-state index contributed by atoms with van der Waals surface area (Å²) >= 11 is 11.9. The van der Waals surface area contributed by atoms with Gasteiger partial charge in [-0.15, -0.1) is 0 Å². The Bertz CT molecular complexity index is 954. The van der Waals surface area contributed by atoms with Gasteiger partial charge in [-0.2, -0.15) is 4.31 Å². The molecule has 0 unspecified atom stereocenters. The minimum absolute atomic E-state index is 0.152. The average Bonchev–Trinajstić information content (AvgIpc) is 2.67. The van der Waals surface area contributed by atoms with E-state index in [2.05, 4.69) is 17.1 Å². The molecule has 0 atom stereocenters. The average molecular weight is 442 g/mol. The number of piperazine rings is 1. The molecule has 2 aromatic carbocycles. The van der Waals surface area contributed by atoms with Gasteiger partial charge in [0.1, 0.15) is 0 Å². The largest absolute Gasteiger partial charge is 0.322 e. The molecule has 0 aromatic heterocycles. The first kappa shape index (κ1) is 21.1. The third-order valence-corrected chi connectivity index (χ3v) is 6.96.